The second kappa shape index (κ2) is 8.37. The highest BCUT2D eigenvalue weighted by atomic mass is 19.4. The molecule has 37 heavy (non-hydrogen) atoms. The molecule has 0 aliphatic carbocycles. The van der Waals surface area contributed by atoms with Crippen LogP contribution in [0.4, 0.5) is 27.8 Å². The number of aromatic nitrogens is 3. The predicted octanol–water partition coefficient (Wildman–Crippen LogP) is 4.80. The Morgan fingerprint density at radius 3 is 2.49 bits per heavy atom. The van der Waals surface area contributed by atoms with Crippen molar-refractivity contribution < 1.29 is 31.8 Å². The molecule has 4 aromatic rings. The van der Waals surface area contributed by atoms with Gasteiger partial charge in [-0.2, -0.15) is 23.1 Å². The van der Waals surface area contributed by atoms with Gasteiger partial charge in [0, 0.05) is 42.3 Å². The fourth-order valence-corrected chi connectivity index (χ4v) is 5.40. The molecule has 2 N–H and O–H groups in total. The molecule has 4 heterocycles. The monoisotopic (exact) mass is 517 g/mol. The van der Waals surface area contributed by atoms with Gasteiger partial charge in [0.15, 0.2) is 11.6 Å². The van der Waals surface area contributed by atoms with Crippen LogP contribution in [0.5, 0.6) is 11.8 Å². The number of nitrogens with one attached hydrogen (secondary N) is 1. The number of pyridine rings is 1. The number of methoxy groups -OCH3 is 1. The van der Waals surface area contributed by atoms with E-state index in [1.54, 1.807) is 0 Å². The number of ether oxygens (including phenoxy) is 1. The molecule has 2 fully saturated rings. The Labute approximate surface area is 206 Å². The number of aromatic hydroxyl groups is 1. The van der Waals surface area contributed by atoms with E-state index in [1.807, 2.05) is 4.90 Å². The molecule has 2 aromatic carbocycles. The van der Waals surface area contributed by atoms with Crippen LogP contribution in [0, 0.1) is 11.6 Å². The van der Waals surface area contributed by atoms with E-state index in [1.165, 1.54) is 19.4 Å². The van der Waals surface area contributed by atoms with Gasteiger partial charge in [0.2, 0.25) is 0 Å². The van der Waals surface area contributed by atoms with Crippen LogP contribution in [0.1, 0.15) is 18.4 Å². The molecule has 0 spiro atoms. The third-order valence-electron chi connectivity index (χ3n) is 6.93. The number of rotatable bonds is 3. The molecule has 0 saturated carbocycles. The van der Waals surface area contributed by atoms with Gasteiger partial charge in [-0.1, -0.05) is 6.07 Å². The number of piperazine rings is 1. The first kappa shape index (κ1) is 23.6. The summed E-state index contributed by atoms with van der Waals surface area (Å²) < 4.78 is 78.3. The lowest BCUT2D eigenvalue weighted by Crippen LogP contribution is -2.51. The number of benzene rings is 2. The lowest BCUT2D eigenvalue weighted by atomic mass is 9.96. The summed E-state index contributed by atoms with van der Waals surface area (Å²) in [5.41, 5.74) is -2.86. The number of hydrogen-bond acceptors (Lipinski definition) is 7. The van der Waals surface area contributed by atoms with Gasteiger partial charge in [-0.3, -0.25) is 4.98 Å². The minimum Gasteiger partial charge on any atom is -0.508 e. The number of anilines is 1. The van der Waals surface area contributed by atoms with E-state index in [0.29, 0.717) is 13.1 Å². The molecule has 2 atom stereocenters. The summed E-state index contributed by atoms with van der Waals surface area (Å²) in [5, 5.41) is 13.3. The Balaban J connectivity index is 1.67. The maximum Gasteiger partial charge on any atom is 0.420 e. The Bertz CT molecular complexity index is 1550. The number of fused-ring (bicyclic) bond motifs is 4. The first-order chi connectivity index (χ1) is 17.6. The Hall–Kier alpha value is -3.80. The molecule has 7 nitrogen and oxygen atoms in total. The second-order valence-electron chi connectivity index (χ2n) is 9.27. The minimum absolute atomic E-state index is 0.0150. The van der Waals surface area contributed by atoms with Gasteiger partial charge in [0.25, 0.3) is 0 Å². The van der Waals surface area contributed by atoms with E-state index in [9.17, 15) is 27.1 Å². The highest BCUT2D eigenvalue weighted by Gasteiger charge is 2.40. The van der Waals surface area contributed by atoms with Crippen LogP contribution in [-0.4, -0.2) is 52.3 Å². The summed E-state index contributed by atoms with van der Waals surface area (Å²) >= 11 is 0. The van der Waals surface area contributed by atoms with Crippen LogP contribution < -0.4 is 15.0 Å². The number of halogens is 5. The third kappa shape index (κ3) is 3.86. The average Bonchev–Trinajstić information content (AvgIpc) is 3.20. The minimum atomic E-state index is -5.00. The molecule has 192 valence electrons. The topological polar surface area (TPSA) is 83.4 Å². The molecule has 2 aliphatic heterocycles. The molecule has 2 unspecified atom stereocenters. The van der Waals surface area contributed by atoms with Crippen LogP contribution in [-0.2, 0) is 6.18 Å². The maximum absolute atomic E-state index is 14.9. The van der Waals surface area contributed by atoms with E-state index in [2.05, 4.69) is 20.3 Å². The molecule has 0 radical (unpaired) electrons. The zero-order valence-corrected chi connectivity index (χ0v) is 19.4. The highest BCUT2D eigenvalue weighted by Crippen LogP contribution is 2.45. The number of phenols is 1. The maximum atomic E-state index is 14.9. The molecular weight excluding hydrogens is 497 g/mol. The fourth-order valence-electron chi connectivity index (χ4n) is 5.40. The highest BCUT2D eigenvalue weighted by molar-refractivity contribution is 6.02. The van der Waals surface area contributed by atoms with Crippen LogP contribution in [0.3, 0.4) is 0 Å². The normalized spacial score (nSPS) is 19.7. The standard InChI is InChI=1S/C25H20F5N5O2/c1-37-24-33-22-16(23(34-24)35-9-12-3-4-13(10-35)32-12)8-31-21(19(22)25(28,29)30)15-7-14(36)6-11-2-5-17(26)20(27)18(11)15/h2,5-8,12-13,32,36H,3-4,9-10H2,1H3. The van der Waals surface area contributed by atoms with Gasteiger partial charge in [0.1, 0.15) is 17.1 Å². The van der Waals surface area contributed by atoms with Crippen molar-refractivity contribution >= 4 is 27.5 Å². The van der Waals surface area contributed by atoms with E-state index < -0.39 is 51.3 Å². The summed E-state index contributed by atoms with van der Waals surface area (Å²) in [5.74, 6) is -2.77. The number of phenolic OH excluding ortho intramolecular Hbond substituents is 1. The van der Waals surface area contributed by atoms with Gasteiger partial charge in [-0.15, -0.1) is 0 Å². The average molecular weight is 517 g/mol. The Kier molecular flexibility index (Phi) is 5.34. The van der Waals surface area contributed by atoms with Gasteiger partial charge < -0.3 is 20.1 Å². The molecule has 2 aromatic heterocycles. The summed E-state index contributed by atoms with van der Waals surface area (Å²) in [6.07, 6.45) is -1.90. The van der Waals surface area contributed by atoms with Crippen LogP contribution in [0.15, 0.2) is 30.5 Å². The van der Waals surface area contributed by atoms with Crippen molar-refractivity contribution in [1.29, 1.82) is 0 Å². The van der Waals surface area contributed by atoms with Gasteiger partial charge in [0.05, 0.1) is 23.7 Å². The van der Waals surface area contributed by atoms with Crippen LogP contribution >= 0.6 is 0 Å². The molecule has 0 amide bonds. The number of alkyl halides is 3. The quantitative estimate of drug-likeness (QED) is 0.378. The lowest BCUT2D eigenvalue weighted by Gasteiger charge is -2.34. The van der Waals surface area contributed by atoms with Crippen molar-refractivity contribution in [3.8, 4) is 23.0 Å². The summed E-state index contributed by atoms with van der Waals surface area (Å²) in [6, 6.07) is 4.17. The fraction of sp³-hybridized carbons (Fsp3) is 0.320. The zero-order chi connectivity index (χ0) is 26.1. The van der Waals surface area contributed by atoms with Crippen LogP contribution in [0.2, 0.25) is 0 Å². The third-order valence-corrected chi connectivity index (χ3v) is 6.93. The predicted molar refractivity (Wildman–Crippen MR) is 126 cm³/mol. The van der Waals surface area contributed by atoms with Crippen LogP contribution in [0.25, 0.3) is 32.9 Å². The summed E-state index contributed by atoms with van der Waals surface area (Å²) in [4.78, 5) is 14.4. The summed E-state index contributed by atoms with van der Waals surface area (Å²) in [7, 11) is 1.25. The largest absolute Gasteiger partial charge is 0.508 e. The zero-order valence-electron chi connectivity index (χ0n) is 19.4. The van der Waals surface area contributed by atoms with Crippen molar-refractivity contribution in [3.63, 3.8) is 0 Å². The van der Waals surface area contributed by atoms with Gasteiger partial charge >= 0.3 is 12.2 Å². The molecular formula is C25H20F5N5O2. The Morgan fingerprint density at radius 1 is 1.08 bits per heavy atom. The van der Waals surface area contributed by atoms with E-state index >= 15 is 0 Å². The smallest absolute Gasteiger partial charge is 0.420 e. The number of hydrogen-bond donors (Lipinski definition) is 2. The van der Waals surface area contributed by atoms with E-state index in [4.69, 9.17) is 4.74 Å². The van der Waals surface area contributed by atoms with Crippen molar-refractivity contribution in [2.45, 2.75) is 31.1 Å². The molecule has 12 heteroatoms. The van der Waals surface area contributed by atoms with Crippen molar-refractivity contribution in [3.05, 3.63) is 47.7 Å². The van der Waals surface area contributed by atoms with Gasteiger partial charge in [-0.25, -0.2) is 8.78 Å². The SMILES string of the molecule is COc1nc(N2CC3CCC(C2)N3)c2cnc(-c3cc(O)cc4ccc(F)c(F)c34)c(C(F)(F)F)c2n1. The van der Waals surface area contributed by atoms with Crippen molar-refractivity contribution in [2.24, 2.45) is 0 Å². The lowest BCUT2D eigenvalue weighted by molar-refractivity contribution is -0.136. The number of nitrogens with zero attached hydrogens (tertiary/aromatic N) is 4. The van der Waals surface area contributed by atoms with Crippen molar-refractivity contribution in [2.75, 3.05) is 25.1 Å². The second-order valence-corrected chi connectivity index (χ2v) is 9.27. The molecule has 2 bridgehead atoms. The van der Waals surface area contributed by atoms with E-state index in [0.717, 1.165) is 31.0 Å². The van der Waals surface area contributed by atoms with E-state index in [-0.39, 0.29) is 34.7 Å². The molecule has 6 rings (SSSR count). The first-order valence-corrected chi connectivity index (χ1v) is 11.6. The summed E-state index contributed by atoms with van der Waals surface area (Å²) in [6.45, 7) is 1.08. The first-order valence-electron chi connectivity index (χ1n) is 11.6. The van der Waals surface area contributed by atoms with Gasteiger partial charge in [-0.05, 0) is 36.4 Å². The molecule has 2 saturated heterocycles. The Morgan fingerprint density at radius 2 is 1.81 bits per heavy atom. The van der Waals surface area contributed by atoms with Crippen molar-refractivity contribution in [1.82, 2.24) is 20.3 Å². The molecule has 2 aliphatic rings.